The highest BCUT2D eigenvalue weighted by atomic mass is 16.4. The molecule has 0 aliphatic heterocycles. The van der Waals surface area contributed by atoms with E-state index in [1.54, 1.807) is 4.57 Å². The van der Waals surface area contributed by atoms with Crippen molar-refractivity contribution in [3.63, 3.8) is 0 Å². The summed E-state index contributed by atoms with van der Waals surface area (Å²) in [5.74, 6) is -0.854. The molecule has 5 nitrogen and oxygen atoms in total. The smallest absolute Gasteiger partial charge is 0.303 e. The lowest BCUT2D eigenvalue weighted by Crippen LogP contribution is -2.25. The van der Waals surface area contributed by atoms with Crippen LogP contribution >= 0.6 is 0 Å². The zero-order valence-corrected chi connectivity index (χ0v) is 15.3. The summed E-state index contributed by atoms with van der Waals surface area (Å²) in [7, 11) is 0. The first-order valence-electron chi connectivity index (χ1n) is 9.12. The van der Waals surface area contributed by atoms with Gasteiger partial charge < -0.3 is 9.67 Å². The number of nitrogens with zero attached hydrogens (tertiary/aromatic N) is 2. The number of carboxylic acids is 1. The summed E-state index contributed by atoms with van der Waals surface area (Å²) in [6, 6.07) is 22.9. The third-order valence-electron chi connectivity index (χ3n) is 4.59. The van der Waals surface area contributed by atoms with Gasteiger partial charge in [-0.1, -0.05) is 60.7 Å². The molecule has 0 unspecified atom stereocenters. The van der Waals surface area contributed by atoms with Crippen LogP contribution in [0.25, 0.3) is 22.4 Å². The molecular formula is C23H20N2O3. The lowest BCUT2D eigenvalue weighted by atomic mass is 9.98. The largest absolute Gasteiger partial charge is 0.481 e. The average Bonchev–Trinajstić information content (AvgIpc) is 2.72. The first kappa shape index (κ1) is 19.1. The third kappa shape index (κ3) is 4.18. The Balaban J connectivity index is 2.14. The van der Waals surface area contributed by atoms with Gasteiger partial charge in [-0.3, -0.25) is 9.59 Å². The van der Waals surface area contributed by atoms with Crippen LogP contribution in [0, 0.1) is 11.3 Å². The van der Waals surface area contributed by atoms with Gasteiger partial charge in [0.15, 0.2) is 0 Å². The van der Waals surface area contributed by atoms with Crippen LogP contribution in [-0.4, -0.2) is 15.6 Å². The first-order chi connectivity index (χ1) is 13.6. The summed E-state index contributed by atoms with van der Waals surface area (Å²) in [4.78, 5) is 23.9. The Morgan fingerprint density at radius 2 is 1.57 bits per heavy atom. The van der Waals surface area contributed by atoms with E-state index in [0.29, 0.717) is 24.9 Å². The fourth-order valence-electron chi connectivity index (χ4n) is 3.22. The van der Waals surface area contributed by atoms with Crippen LogP contribution < -0.4 is 5.56 Å². The molecule has 140 valence electrons. The predicted octanol–water partition coefficient (Wildman–Crippen LogP) is 4.31. The maximum absolute atomic E-state index is 13.1. The summed E-state index contributed by atoms with van der Waals surface area (Å²) in [5, 5.41) is 18.5. The molecule has 0 aliphatic carbocycles. The molecule has 0 fully saturated rings. The maximum Gasteiger partial charge on any atom is 0.303 e. The number of nitriles is 1. The SMILES string of the molecule is N#Cc1c(-c2ccccc2)cc(-c2ccccc2)n(CCCCC(=O)O)c1=O. The molecule has 28 heavy (non-hydrogen) atoms. The summed E-state index contributed by atoms with van der Waals surface area (Å²) < 4.78 is 1.59. The number of carbonyl (C=O) groups is 1. The van der Waals surface area contributed by atoms with Gasteiger partial charge in [0.1, 0.15) is 11.6 Å². The van der Waals surface area contributed by atoms with E-state index in [1.165, 1.54) is 0 Å². The van der Waals surface area contributed by atoms with Gasteiger partial charge in [0, 0.05) is 18.5 Å². The molecule has 3 aromatic rings. The molecule has 1 N–H and O–H groups in total. The molecular weight excluding hydrogens is 352 g/mol. The van der Waals surface area contributed by atoms with Crippen LogP contribution in [0.3, 0.4) is 0 Å². The first-order valence-corrected chi connectivity index (χ1v) is 9.12. The van der Waals surface area contributed by atoms with E-state index < -0.39 is 5.97 Å². The highest BCUT2D eigenvalue weighted by Gasteiger charge is 2.17. The number of benzene rings is 2. The van der Waals surface area contributed by atoms with E-state index in [-0.39, 0.29) is 17.5 Å². The van der Waals surface area contributed by atoms with Crippen molar-refractivity contribution < 1.29 is 9.90 Å². The molecule has 0 bridgehead atoms. The second-order valence-electron chi connectivity index (χ2n) is 6.47. The van der Waals surface area contributed by atoms with E-state index in [4.69, 9.17) is 5.11 Å². The molecule has 3 rings (SSSR count). The second kappa shape index (κ2) is 8.83. The lowest BCUT2D eigenvalue weighted by Gasteiger charge is -2.16. The van der Waals surface area contributed by atoms with E-state index in [2.05, 4.69) is 6.07 Å². The minimum atomic E-state index is -0.854. The van der Waals surface area contributed by atoms with Gasteiger partial charge in [0.2, 0.25) is 0 Å². The van der Waals surface area contributed by atoms with Gasteiger partial charge >= 0.3 is 5.97 Å². The molecule has 0 amide bonds. The number of hydrogen-bond donors (Lipinski definition) is 1. The van der Waals surface area contributed by atoms with Crippen molar-refractivity contribution in [3.8, 4) is 28.5 Å². The summed E-state index contributed by atoms with van der Waals surface area (Å²) in [6.07, 6.45) is 1.07. The highest BCUT2D eigenvalue weighted by molar-refractivity contribution is 5.75. The van der Waals surface area contributed by atoms with Crippen LogP contribution in [0.5, 0.6) is 0 Å². The number of rotatable bonds is 7. The van der Waals surface area contributed by atoms with Gasteiger partial charge in [-0.15, -0.1) is 0 Å². The van der Waals surface area contributed by atoms with Crippen molar-refractivity contribution in [2.45, 2.75) is 25.8 Å². The molecule has 0 aliphatic rings. The van der Waals surface area contributed by atoms with Crippen molar-refractivity contribution in [2.24, 2.45) is 0 Å². The Kier molecular flexibility index (Phi) is 6.03. The number of pyridine rings is 1. The van der Waals surface area contributed by atoms with Crippen molar-refractivity contribution in [3.05, 3.63) is 82.6 Å². The standard InChI is InChI=1S/C23H20N2O3/c24-16-20-19(17-9-3-1-4-10-17)15-21(18-11-5-2-6-12-18)25(23(20)28)14-8-7-13-22(26)27/h1-6,9-12,15H,7-8,13-14H2,(H,26,27). The Morgan fingerprint density at radius 3 is 2.14 bits per heavy atom. The molecule has 1 heterocycles. The second-order valence-corrected chi connectivity index (χ2v) is 6.47. The summed E-state index contributed by atoms with van der Waals surface area (Å²) in [6.45, 7) is 0.361. The molecule has 1 aromatic heterocycles. The van der Waals surface area contributed by atoms with Gasteiger partial charge in [-0.05, 0) is 30.0 Å². The van der Waals surface area contributed by atoms with Gasteiger partial charge in [-0.2, -0.15) is 5.26 Å². The Labute approximate surface area is 163 Å². The predicted molar refractivity (Wildman–Crippen MR) is 108 cm³/mol. The normalized spacial score (nSPS) is 10.4. The van der Waals surface area contributed by atoms with Gasteiger partial charge in [-0.25, -0.2) is 0 Å². The molecule has 0 saturated heterocycles. The van der Waals surface area contributed by atoms with Crippen LogP contribution in [0.2, 0.25) is 0 Å². The number of aliphatic carboxylic acids is 1. The van der Waals surface area contributed by atoms with Crippen LogP contribution in [0.15, 0.2) is 71.5 Å². The molecule has 5 heteroatoms. The Bertz CT molecular complexity index is 1060. The van der Waals surface area contributed by atoms with Gasteiger partial charge in [0.25, 0.3) is 5.56 Å². The maximum atomic E-state index is 13.1. The fourth-order valence-corrected chi connectivity index (χ4v) is 3.22. The lowest BCUT2D eigenvalue weighted by molar-refractivity contribution is -0.137. The zero-order chi connectivity index (χ0) is 19.9. The molecule has 0 atom stereocenters. The topological polar surface area (TPSA) is 83.1 Å². The fraction of sp³-hybridized carbons (Fsp3) is 0.174. The van der Waals surface area contributed by atoms with Crippen LogP contribution in [-0.2, 0) is 11.3 Å². The number of aromatic nitrogens is 1. The number of carboxylic acid groups (broad SMARTS) is 1. The van der Waals surface area contributed by atoms with E-state index in [1.807, 2.05) is 66.7 Å². The minimum Gasteiger partial charge on any atom is -0.481 e. The molecule has 0 saturated carbocycles. The van der Waals surface area contributed by atoms with Crippen molar-refractivity contribution in [1.82, 2.24) is 4.57 Å². The molecule has 2 aromatic carbocycles. The summed E-state index contributed by atoms with van der Waals surface area (Å²) >= 11 is 0. The third-order valence-corrected chi connectivity index (χ3v) is 4.59. The van der Waals surface area contributed by atoms with E-state index in [0.717, 1.165) is 16.8 Å². The molecule has 0 spiro atoms. The monoisotopic (exact) mass is 372 g/mol. The van der Waals surface area contributed by atoms with E-state index in [9.17, 15) is 14.9 Å². The van der Waals surface area contributed by atoms with Crippen LogP contribution in [0.1, 0.15) is 24.8 Å². The van der Waals surface area contributed by atoms with Crippen molar-refractivity contribution in [2.75, 3.05) is 0 Å². The quantitative estimate of drug-likeness (QED) is 0.627. The highest BCUT2D eigenvalue weighted by Crippen LogP contribution is 2.27. The van der Waals surface area contributed by atoms with Crippen molar-refractivity contribution >= 4 is 5.97 Å². The summed E-state index contributed by atoms with van der Waals surface area (Å²) in [5.41, 5.74) is 2.76. The van der Waals surface area contributed by atoms with E-state index >= 15 is 0 Å². The van der Waals surface area contributed by atoms with Gasteiger partial charge in [0.05, 0.1) is 5.69 Å². The Hall–Kier alpha value is -3.65. The van der Waals surface area contributed by atoms with Crippen molar-refractivity contribution in [1.29, 1.82) is 5.26 Å². The number of hydrogen-bond acceptors (Lipinski definition) is 3. The Morgan fingerprint density at radius 1 is 0.964 bits per heavy atom. The molecule has 0 radical (unpaired) electrons. The van der Waals surface area contributed by atoms with Crippen LogP contribution in [0.4, 0.5) is 0 Å². The zero-order valence-electron chi connectivity index (χ0n) is 15.3. The average molecular weight is 372 g/mol. The number of unbranched alkanes of at least 4 members (excludes halogenated alkanes) is 1. The minimum absolute atomic E-state index is 0.0582.